The van der Waals surface area contributed by atoms with Gasteiger partial charge in [-0.3, -0.25) is 0 Å². The number of carboxylic acid groups (broad SMARTS) is 1. The van der Waals surface area contributed by atoms with E-state index in [4.69, 9.17) is 5.11 Å². The Morgan fingerprint density at radius 2 is 1.95 bits per heavy atom. The minimum absolute atomic E-state index is 0.289. The number of hydrogen-bond donors (Lipinski definition) is 1. The first kappa shape index (κ1) is 13.6. The summed E-state index contributed by atoms with van der Waals surface area (Å²) in [5.74, 6) is -0.916. The zero-order valence-electron chi connectivity index (χ0n) is 10.7. The van der Waals surface area contributed by atoms with Crippen LogP contribution < -0.4 is 4.90 Å². The normalized spacial score (nSPS) is 10.3. The predicted octanol–water partition coefficient (Wildman–Crippen LogP) is 4.22. The summed E-state index contributed by atoms with van der Waals surface area (Å²) >= 11 is 3.45. The Labute approximate surface area is 120 Å². The van der Waals surface area contributed by atoms with Gasteiger partial charge in [0, 0.05) is 22.9 Å². The van der Waals surface area contributed by atoms with E-state index >= 15 is 0 Å². The lowest BCUT2D eigenvalue weighted by molar-refractivity contribution is 0.0697. The summed E-state index contributed by atoms with van der Waals surface area (Å²) in [6.45, 7) is 2.03. The number of anilines is 2. The number of aryl methyl sites for hydroxylation is 1. The molecule has 2 aromatic carbocycles. The van der Waals surface area contributed by atoms with E-state index < -0.39 is 5.97 Å². The zero-order chi connectivity index (χ0) is 14.0. The molecule has 98 valence electrons. The van der Waals surface area contributed by atoms with Gasteiger partial charge in [-0.1, -0.05) is 28.1 Å². The molecule has 4 heteroatoms. The molecule has 0 amide bonds. The zero-order valence-corrected chi connectivity index (χ0v) is 12.3. The van der Waals surface area contributed by atoms with E-state index in [-0.39, 0.29) is 5.56 Å². The molecular formula is C15H14BrNO2. The molecule has 0 aliphatic rings. The molecule has 0 heterocycles. The number of carbonyl (C=O) groups is 1. The lowest BCUT2D eigenvalue weighted by Gasteiger charge is -2.22. The van der Waals surface area contributed by atoms with Gasteiger partial charge in [-0.25, -0.2) is 4.79 Å². The fourth-order valence-electron chi connectivity index (χ4n) is 1.93. The predicted molar refractivity (Wildman–Crippen MR) is 80.3 cm³/mol. The number of benzene rings is 2. The minimum atomic E-state index is -0.916. The molecular weight excluding hydrogens is 306 g/mol. The highest BCUT2D eigenvalue weighted by Gasteiger charge is 2.10. The van der Waals surface area contributed by atoms with Crippen molar-refractivity contribution in [2.75, 3.05) is 11.9 Å². The molecule has 0 radical (unpaired) electrons. The second kappa shape index (κ2) is 5.45. The first-order valence-corrected chi connectivity index (χ1v) is 6.61. The molecule has 0 saturated heterocycles. The smallest absolute Gasteiger partial charge is 0.335 e. The number of aromatic carboxylic acids is 1. The third-order valence-electron chi connectivity index (χ3n) is 3.01. The number of nitrogens with zero attached hydrogens (tertiary/aromatic N) is 1. The summed E-state index contributed by atoms with van der Waals surface area (Å²) in [6, 6.07) is 12.9. The average Bonchev–Trinajstić information content (AvgIpc) is 2.41. The Hall–Kier alpha value is -1.81. The number of rotatable bonds is 3. The molecule has 0 aromatic heterocycles. The lowest BCUT2D eigenvalue weighted by Crippen LogP contribution is -2.11. The third-order valence-corrected chi connectivity index (χ3v) is 3.51. The monoisotopic (exact) mass is 319 g/mol. The van der Waals surface area contributed by atoms with Crippen molar-refractivity contribution in [3.8, 4) is 0 Å². The van der Waals surface area contributed by atoms with Gasteiger partial charge in [0.1, 0.15) is 0 Å². The summed E-state index contributed by atoms with van der Waals surface area (Å²) in [5.41, 5.74) is 3.31. The highest BCUT2D eigenvalue weighted by Crippen LogP contribution is 2.29. The number of carboxylic acids is 1. The highest BCUT2D eigenvalue weighted by molar-refractivity contribution is 9.10. The van der Waals surface area contributed by atoms with E-state index in [0.717, 1.165) is 21.4 Å². The van der Waals surface area contributed by atoms with E-state index in [9.17, 15) is 4.79 Å². The van der Waals surface area contributed by atoms with Gasteiger partial charge in [0.25, 0.3) is 0 Å². The molecule has 1 N–H and O–H groups in total. The van der Waals surface area contributed by atoms with E-state index in [2.05, 4.69) is 15.9 Å². The first-order chi connectivity index (χ1) is 8.99. The van der Waals surface area contributed by atoms with E-state index in [1.54, 1.807) is 18.2 Å². The van der Waals surface area contributed by atoms with Crippen LogP contribution in [0.3, 0.4) is 0 Å². The van der Waals surface area contributed by atoms with Crippen molar-refractivity contribution in [3.63, 3.8) is 0 Å². The topological polar surface area (TPSA) is 40.5 Å². The molecule has 0 aliphatic carbocycles. The molecule has 2 rings (SSSR count). The second-order valence-corrected chi connectivity index (χ2v) is 5.26. The van der Waals surface area contributed by atoms with Gasteiger partial charge in [0.15, 0.2) is 0 Å². The van der Waals surface area contributed by atoms with Crippen molar-refractivity contribution in [1.82, 2.24) is 0 Å². The van der Waals surface area contributed by atoms with Crippen molar-refractivity contribution >= 4 is 33.3 Å². The molecule has 0 fully saturated rings. The van der Waals surface area contributed by atoms with Crippen LogP contribution in [0.1, 0.15) is 15.9 Å². The van der Waals surface area contributed by atoms with Crippen molar-refractivity contribution in [2.45, 2.75) is 6.92 Å². The molecule has 0 aliphatic heterocycles. The Morgan fingerprint density at radius 3 is 2.63 bits per heavy atom. The maximum Gasteiger partial charge on any atom is 0.335 e. The van der Waals surface area contributed by atoms with Gasteiger partial charge in [0.2, 0.25) is 0 Å². The number of halogens is 1. The molecule has 2 aromatic rings. The lowest BCUT2D eigenvalue weighted by atomic mass is 10.1. The van der Waals surface area contributed by atoms with Crippen molar-refractivity contribution in [1.29, 1.82) is 0 Å². The summed E-state index contributed by atoms with van der Waals surface area (Å²) < 4.78 is 0.995. The Bertz CT molecular complexity index is 625. The molecule has 3 nitrogen and oxygen atoms in total. The van der Waals surface area contributed by atoms with Gasteiger partial charge < -0.3 is 10.0 Å². The van der Waals surface area contributed by atoms with Crippen LogP contribution in [0.5, 0.6) is 0 Å². The van der Waals surface area contributed by atoms with Gasteiger partial charge >= 0.3 is 5.97 Å². The maximum absolute atomic E-state index is 11.0. The van der Waals surface area contributed by atoms with Gasteiger partial charge in [-0.05, 0) is 42.8 Å². The first-order valence-electron chi connectivity index (χ1n) is 5.82. The van der Waals surface area contributed by atoms with Gasteiger partial charge in [0.05, 0.1) is 5.56 Å². The van der Waals surface area contributed by atoms with E-state index in [0.29, 0.717) is 0 Å². The van der Waals surface area contributed by atoms with E-state index in [1.165, 1.54) is 0 Å². The van der Waals surface area contributed by atoms with Crippen LogP contribution in [-0.4, -0.2) is 18.1 Å². The van der Waals surface area contributed by atoms with Crippen LogP contribution >= 0.6 is 15.9 Å². The summed E-state index contributed by atoms with van der Waals surface area (Å²) in [6.07, 6.45) is 0. The standard InChI is InChI=1S/C15H14BrNO2/c1-10-6-7-12(16)9-14(10)17(2)13-5-3-4-11(8-13)15(18)19/h3-9H,1-2H3,(H,18,19). The third kappa shape index (κ3) is 2.96. The number of hydrogen-bond acceptors (Lipinski definition) is 2. The highest BCUT2D eigenvalue weighted by atomic mass is 79.9. The van der Waals surface area contributed by atoms with Crippen LogP contribution in [0.4, 0.5) is 11.4 Å². The van der Waals surface area contributed by atoms with Crippen LogP contribution in [0.2, 0.25) is 0 Å². The molecule has 19 heavy (non-hydrogen) atoms. The Morgan fingerprint density at radius 1 is 1.21 bits per heavy atom. The van der Waals surface area contributed by atoms with Crippen molar-refractivity contribution in [2.24, 2.45) is 0 Å². The summed E-state index contributed by atoms with van der Waals surface area (Å²) in [5, 5.41) is 9.03. The Balaban J connectivity index is 2.43. The summed E-state index contributed by atoms with van der Waals surface area (Å²) in [4.78, 5) is 13.0. The maximum atomic E-state index is 11.0. The summed E-state index contributed by atoms with van der Waals surface area (Å²) in [7, 11) is 1.93. The fourth-order valence-corrected chi connectivity index (χ4v) is 2.28. The van der Waals surface area contributed by atoms with Crippen LogP contribution in [0, 0.1) is 6.92 Å². The largest absolute Gasteiger partial charge is 0.478 e. The second-order valence-electron chi connectivity index (χ2n) is 4.35. The van der Waals surface area contributed by atoms with Crippen molar-refractivity contribution in [3.05, 3.63) is 58.1 Å². The molecule has 0 bridgehead atoms. The Kier molecular flexibility index (Phi) is 3.90. The fraction of sp³-hybridized carbons (Fsp3) is 0.133. The molecule has 0 atom stereocenters. The molecule has 0 unspecified atom stereocenters. The quantitative estimate of drug-likeness (QED) is 0.920. The minimum Gasteiger partial charge on any atom is -0.478 e. The van der Waals surface area contributed by atoms with Crippen LogP contribution in [-0.2, 0) is 0 Å². The molecule has 0 saturated carbocycles. The van der Waals surface area contributed by atoms with E-state index in [1.807, 2.05) is 43.1 Å². The van der Waals surface area contributed by atoms with Crippen LogP contribution in [0.15, 0.2) is 46.9 Å². The van der Waals surface area contributed by atoms with Crippen LogP contribution in [0.25, 0.3) is 0 Å². The average molecular weight is 320 g/mol. The van der Waals surface area contributed by atoms with Gasteiger partial charge in [-0.2, -0.15) is 0 Å². The SMILES string of the molecule is Cc1ccc(Br)cc1N(C)c1cccc(C(=O)O)c1. The van der Waals surface area contributed by atoms with Gasteiger partial charge in [-0.15, -0.1) is 0 Å². The van der Waals surface area contributed by atoms with Crippen molar-refractivity contribution < 1.29 is 9.90 Å². The molecule has 0 spiro atoms.